The van der Waals surface area contributed by atoms with Crippen LogP contribution in [0.4, 0.5) is 23.2 Å². The first-order chi connectivity index (χ1) is 38.6. The number of ether oxygens (including phenoxy) is 3. The van der Waals surface area contributed by atoms with Gasteiger partial charge in [-0.1, -0.05) is 139 Å². The van der Waals surface area contributed by atoms with E-state index in [-0.39, 0.29) is 16.9 Å². The number of benzene rings is 8. The number of halogens is 4. The normalized spacial score (nSPS) is 17.9. The first-order valence-corrected chi connectivity index (χ1v) is 28.2. The van der Waals surface area contributed by atoms with E-state index in [0.717, 1.165) is 64.3 Å². The summed E-state index contributed by atoms with van der Waals surface area (Å²) in [5.74, 6) is 1.32. The van der Waals surface area contributed by atoms with E-state index in [1.165, 1.54) is 75.1 Å². The number of anilines is 1. The van der Waals surface area contributed by atoms with Crippen molar-refractivity contribution >= 4 is 34.4 Å². The molecule has 1 heterocycles. The molecular weight excluding hydrogens is 1010 g/mol. The lowest BCUT2D eigenvalue weighted by molar-refractivity contribution is -0.137. The molecule has 1 amide bonds. The minimum atomic E-state index is -4.66. The molecule has 10 heteroatoms. The maximum Gasteiger partial charge on any atom is 0.416 e. The predicted molar refractivity (Wildman–Crippen MR) is 310 cm³/mol. The van der Waals surface area contributed by atoms with Crippen LogP contribution in [0, 0.1) is 11.7 Å². The van der Waals surface area contributed by atoms with Crippen molar-refractivity contribution < 1.29 is 41.4 Å². The number of carbonyl (C=O) groups is 2. The fourth-order valence-electron chi connectivity index (χ4n) is 12.3. The maximum atomic E-state index is 14.7. The van der Waals surface area contributed by atoms with Crippen molar-refractivity contribution in [1.82, 2.24) is 0 Å². The van der Waals surface area contributed by atoms with Gasteiger partial charge in [0.25, 0.3) is 5.91 Å². The van der Waals surface area contributed by atoms with Crippen LogP contribution in [0.3, 0.4) is 0 Å². The molecule has 2 aliphatic carbocycles. The van der Waals surface area contributed by atoms with E-state index in [4.69, 9.17) is 14.2 Å². The summed E-state index contributed by atoms with van der Waals surface area (Å²) < 4.78 is 77.5. The molecule has 0 saturated heterocycles. The highest BCUT2D eigenvalue weighted by atomic mass is 19.4. The Morgan fingerprint density at radius 1 is 0.675 bits per heavy atom. The third kappa shape index (κ3) is 10.6. The van der Waals surface area contributed by atoms with Crippen LogP contribution in [-0.4, -0.2) is 18.5 Å². The average Bonchev–Trinajstić information content (AvgIpc) is 3.94. The minimum absolute atomic E-state index is 0.251. The Hall–Kier alpha value is -7.98. The van der Waals surface area contributed by atoms with Gasteiger partial charge in [-0.2, -0.15) is 13.2 Å². The first kappa shape index (κ1) is 54.0. The van der Waals surface area contributed by atoms with E-state index in [9.17, 15) is 27.2 Å². The molecule has 8 aromatic rings. The van der Waals surface area contributed by atoms with Crippen LogP contribution in [0.25, 0.3) is 39.1 Å². The smallest absolute Gasteiger partial charge is 0.416 e. The van der Waals surface area contributed by atoms with Crippen LogP contribution in [-0.2, 0) is 17.2 Å². The fraction of sp³-hybridized carbons (Fsp3) is 0.286. The van der Waals surface area contributed by atoms with Gasteiger partial charge < -0.3 is 19.5 Å². The zero-order valence-corrected chi connectivity index (χ0v) is 45.7. The number of nitrogens with one attached hydrogen (secondary N) is 1. The van der Waals surface area contributed by atoms with Gasteiger partial charge in [0.2, 0.25) is 0 Å². The zero-order chi connectivity index (χ0) is 55.8. The lowest BCUT2D eigenvalue weighted by Crippen LogP contribution is -2.35. The molecule has 1 aliphatic heterocycles. The lowest BCUT2D eigenvalue weighted by Gasteiger charge is -2.38. The summed E-state index contributed by atoms with van der Waals surface area (Å²) in [4.78, 5) is 27.2. The molecule has 80 heavy (non-hydrogen) atoms. The van der Waals surface area contributed by atoms with Crippen LogP contribution in [0.5, 0.6) is 17.2 Å². The van der Waals surface area contributed by atoms with Crippen molar-refractivity contribution in [2.24, 2.45) is 5.92 Å². The summed E-state index contributed by atoms with van der Waals surface area (Å²) >= 11 is 0. The Labute approximate surface area is 465 Å². The van der Waals surface area contributed by atoms with Crippen LogP contribution in [0.1, 0.15) is 157 Å². The summed E-state index contributed by atoms with van der Waals surface area (Å²) in [6.07, 6.45) is 11.5. The highest BCUT2D eigenvalue weighted by Gasteiger charge is 2.45. The van der Waals surface area contributed by atoms with Gasteiger partial charge in [0.05, 0.1) is 17.7 Å². The molecule has 1 saturated carbocycles. The molecule has 0 spiro atoms. The largest absolute Gasteiger partial charge is 0.494 e. The number of alkyl halides is 3. The Bertz CT molecular complexity index is 3600. The fourth-order valence-corrected chi connectivity index (χ4v) is 12.3. The Kier molecular flexibility index (Phi) is 15.0. The van der Waals surface area contributed by atoms with Gasteiger partial charge in [-0.3, -0.25) is 4.79 Å². The van der Waals surface area contributed by atoms with Gasteiger partial charge in [0.15, 0.2) is 5.60 Å². The summed E-state index contributed by atoms with van der Waals surface area (Å²) in [5.41, 5.74) is 6.95. The molecule has 0 aromatic heterocycles. The van der Waals surface area contributed by atoms with E-state index in [0.29, 0.717) is 57.2 Å². The average molecular weight is 1080 g/mol. The molecule has 6 nitrogen and oxygen atoms in total. The van der Waals surface area contributed by atoms with Crippen LogP contribution >= 0.6 is 0 Å². The Morgan fingerprint density at radius 3 is 1.98 bits per heavy atom. The second-order valence-electron chi connectivity index (χ2n) is 22.3. The predicted octanol–water partition coefficient (Wildman–Crippen LogP) is 18.8. The quantitative estimate of drug-likeness (QED) is 0.0452. The third-order valence-electron chi connectivity index (χ3n) is 16.8. The number of carbonyl (C=O) groups excluding carboxylic acids is 2. The van der Waals surface area contributed by atoms with Crippen molar-refractivity contribution in [2.45, 2.75) is 115 Å². The van der Waals surface area contributed by atoms with Gasteiger partial charge in [-0.05, 0) is 179 Å². The SMILES string of the molecule is CCCCC[C@H]1CC[C@H](c2ccc(-c3ccc(C(=O)Oc4ccc(C(=O)Nc5ccc6c(c5)-c5c(c7c(c8cc(C(F)(F)F)ccc58)OC(c5ccc(F)cc5)(c5ccc(OCCCC)cc5)C=C7)C6(C)C)cc4)cc3)cc2)CC1. The van der Waals surface area contributed by atoms with E-state index < -0.39 is 40.4 Å². The van der Waals surface area contributed by atoms with Gasteiger partial charge in [-0.15, -0.1) is 0 Å². The van der Waals surface area contributed by atoms with Gasteiger partial charge in [-0.25, -0.2) is 9.18 Å². The number of hydrogen-bond acceptors (Lipinski definition) is 5. The monoisotopic (exact) mass is 1080 g/mol. The maximum absolute atomic E-state index is 14.7. The van der Waals surface area contributed by atoms with Gasteiger partial charge in [0.1, 0.15) is 23.1 Å². The highest BCUT2D eigenvalue weighted by molar-refractivity contribution is 6.10. The Morgan fingerprint density at radius 2 is 1.31 bits per heavy atom. The number of esters is 1. The molecule has 11 rings (SSSR count). The lowest BCUT2D eigenvalue weighted by atomic mass is 9.76. The molecule has 8 aromatic carbocycles. The van der Waals surface area contributed by atoms with E-state index in [2.05, 4.69) is 57.3 Å². The molecule has 0 bridgehead atoms. The van der Waals surface area contributed by atoms with Crippen molar-refractivity contribution in [3.63, 3.8) is 0 Å². The molecule has 0 radical (unpaired) electrons. The van der Waals surface area contributed by atoms with Gasteiger partial charge >= 0.3 is 12.1 Å². The molecule has 408 valence electrons. The summed E-state index contributed by atoms with van der Waals surface area (Å²) in [7, 11) is 0. The second kappa shape index (κ2) is 22.3. The number of amides is 1. The molecule has 1 atom stereocenters. The topological polar surface area (TPSA) is 73.9 Å². The number of unbranched alkanes of at least 4 members (excludes halogenated alkanes) is 3. The second-order valence-corrected chi connectivity index (χ2v) is 22.3. The molecule has 1 unspecified atom stereocenters. The van der Waals surface area contributed by atoms with Crippen LogP contribution in [0.2, 0.25) is 0 Å². The molecule has 3 aliphatic rings. The highest BCUT2D eigenvalue weighted by Crippen LogP contribution is 2.59. The molecular formula is C70H65F4NO5. The van der Waals surface area contributed by atoms with Gasteiger partial charge in [0, 0.05) is 38.7 Å². The van der Waals surface area contributed by atoms with Crippen molar-refractivity contribution in [2.75, 3.05) is 11.9 Å². The summed E-state index contributed by atoms with van der Waals surface area (Å²) in [6.45, 7) is 9.04. The molecule has 1 fully saturated rings. The van der Waals surface area contributed by atoms with E-state index in [1.807, 2.05) is 66.7 Å². The van der Waals surface area contributed by atoms with E-state index >= 15 is 0 Å². The number of hydrogen-bond donors (Lipinski definition) is 1. The molecule has 1 N–H and O–H groups in total. The van der Waals surface area contributed by atoms with E-state index in [1.54, 1.807) is 48.5 Å². The van der Waals surface area contributed by atoms with Crippen molar-refractivity contribution in [1.29, 1.82) is 0 Å². The number of rotatable bonds is 16. The number of fused-ring (bicyclic) bond motifs is 8. The summed E-state index contributed by atoms with van der Waals surface area (Å²) in [5, 5.41) is 3.81. The zero-order valence-electron chi connectivity index (χ0n) is 45.7. The summed E-state index contributed by atoms with van der Waals surface area (Å²) in [6, 6.07) is 45.3. The van der Waals surface area contributed by atoms with Crippen LogP contribution in [0.15, 0.2) is 164 Å². The van der Waals surface area contributed by atoms with Crippen LogP contribution < -0.4 is 19.5 Å². The standard InChI is InChI=1S/C70H65F4NO5/c1-5-7-9-10-44-11-13-45(14-12-44)46-15-17-47(18-16-46)48-19-21-50(22-20-48)67(77)79-57-33-23-49(24-34-57)66(76)75-55-32-38-62-61(43-55)63-58-37-29-53(70(72,73)74)42-60(58)65-59(64(63)68(62,3)4)39-40-69(80-65,51-25-30-54(71)31-26-51)52-27-35-56(36-28-52)78-41-8-6-2/h15-40,42-45H,5-14,41H2,1-4H3,(H,75,76)/t44-,45-,69?. The van der Waals surface area contributed by atoms with Crippen molar-refractivity contribution in [3.8, 4) is 39.5 Å². The Balaban J connectivity index is 0.819. The first-order valence-electron chi connectivity index (χ1n) is 28.2. The third-order valence-corrected chi connectivity index (χ3v) is 16.8. The minimum Gasteiger partial charge on any atom is -0.494 e. The van der Waals surface area contributed by atoms with Crippen molar-refractivity contribution in [3.05, 3.63) is 220 Å².